The molecular weight excluding hydrogens is 426 g/mol. The normalized spacial score (nSPS) is 11.5. The molecular formula is C23H23N5O3S. The van der Waals surface area contributed by atoms with Crippen LogP contribution in [0.5, 0.6) is 0 Å². The highest BCUT2D eigenvalue weighted by Gasteiger charge is 2.34. The summed E-state index contributed by atoms with van der Waals surface area (Å²) in [5, 5.41) is 9.09. The van der Waals surface area contributed by atoms with Crippen molar-refractivity contribution in [2.75, 3.05) is 5.32 Å². The van der Waals surface area contributed by atoms with E-state index < -0.39 is 17.0 Å². The van der Waals surface area contributed by atoms with Gasteiger partial charge < -0.3 is 5.32 Å². The topological polar surface area (TPSA) is 90.9 Å². The van der Waals surface area contributed by atoms with Gasteiger partial charge in [-0.15, -0.1) is 11.3 Å². The van der Waals surface area contributed by atoms with E-state index in [1.165, 1.54) is 22.1 Å². The predicted molar refractivity (Wildman–Crippen MR) is 126 cm³/mol. The van der Waals surface area contributed by atoms with Gasteiger partial charge in [-0.2, -0.15) is 5.10 Å². The van der Waals surface area contributed by atoms with Gasteiger partial charge in [0.2, 0.25) is 0 Å². The number of amides is 1. The van der Waals surface area contributed by atoms with Crippen molar-refractivity contribution in [1.29, 1.82) is 0 Å². The molecule has 164 valence electrons. The molecule has 0 unspecified atom stereocenters. The zero-order valence-electron chi connectivity index (χ0n) is 18.2. The van der Waals surface area contributed by atoms with Gasteiger partial charge in [0, 0.05) is 13.1 Å². The number of thiophene rings is 1. The SMILES string of the molecule is Cc1c(NC(=O)C(C)(C)n2nc(-c3cccs3)ccc2=O)c(=O)n(-c2ccccc2)n1C. The molecule has 0 aliphatic carbocycles. The third-order valence-electron chi connectivity index (χ3n) is 5.45. The predicted octanol–water partition coefficient (Wildman–Crippen LogP) is 3.14. The zero-order chi connectivity index (χ0) is 23.0. The summed E-state index contributed by atoms with van der Waals surface area (Å²) in [5.41, 5.74) is -0.0546. The van der Waals surface area contributed by atoms with Crippen molar-refractivity contribution in [3.8, 4) is 16.3 Å². The molecule has 0 aliphatic rings. The van der Waals surface area contributed by atoms with Crippen molar-refractivity contribution < 1.29 is 4.79 Å². The van der Waals surface area contributed by atoms with Crippen molar-refractivity contribution in [2.45, 2.75) is 26.3 Å². The molecule has 1 N–H and O–H groups in total. The van der Waals surface area contributed by atoms with E-state index in [-0.39, 0.29) is 11.2 Å². The van der Waals surface area contributed by atoms with Gasteiger partial charge in [0.25, 0.3) is 17.0 Å². The van der Waals surface area contributed by atoms with Crippen LogP contribution in [-0.2, 0) is 17.4 Å². The molecule has 0 fully saturated rings. The number of aromatic nitrogens is 4. The Bertz CT molecular complexity index is 1400. The van der Waals surface area contributed by atoms with Gasteiger partial charge in [0.1, 0.15) is 16.9 Å². The van der Waals surface area contributed by atoms with Crippen LogP contribution in [0.15, 0.2) is 69.6 Å². The number of carbonyl (C=O) groups excluding carboxylic acids is 1. The van der Waals surface area contributed by atoms with E-state index >= 15 is 0 Å². The summed E-state index contributed by atoms with van der Waals surface area (Å²) in [4.78, 5) is 39.9. The van der Waals surface area contributed by atoms with Gasteiger partial charge in [-0.3, -0.25) is 19.1 Å². The second-order valence-corrected chi connectivity index (χ2v) is 8.84. The first-order valence-electron chi connectivity index (χ1n) is 10.0. The zero-order valence-corrected chi connectivity index (χ0v) is 19.0. The molecule has 3 heterocycles. The molecule has 0 spiro atoms. The van der Waals surface area contributed by atoms with Crippen molar-refractivity contribution >= 4 is 22.9 Å². The van der Waals surface area contributed by atoms with Crippen LogP contribution in [0, 0.1) is 6.92 Å². The minimum atomic E-state index is -1.34. The fraction of sp³-hybridized carbons (Fsp3) is 0.217. The third kappa shape index (κ3) is 3.60. The smallest absolute Gasteiger partial charge is 0.295 e. The van der Waals surface area contributed by atoms with Gasteiger partial charge >= 0.3 is 0 Å². The molecule has 4 aromatic rings. The second-order valence-electron chi connectivity index (χ2n) is 7.90. The quantitative estimate of drug-likeness (QED) is 0.507. The van der Waals surface area contributed by atoms with E-state index in [1.54, 1.807) is 38.6 Å². The highest BCUT2D eigenvalue weighted by atomic mass is 32.1. The number of hydrogen-bond acceptors (Lipinski definition) is 5. The Kier molecular flexibility index (Phi) is 5.43. The molecule has 0 atom stereocenters. The number of rotatable bonds is 5. The standard InChI is InChI=1S/C23H23N5O3S/c1-15-20(21(30)27(26(15)4)16-9-6-5-7-10-16)24-22(31)23(2,3)28-19(29)13-12-17(25-28)18-11-8-14-32-18/h5-14H,1-4H3,(H,24,31). The van der Waals surface area contributed by atoms with E-state index in [0.717, 1.165) is 9.56 Å². The molecule has 0 bridgehead atoms. The van der Waals surface area contributed by atoms with Crippen LogP contribution in [0.1, 0.15) is 19.5 Å². The maximum Gasteiger partial charge on any atom is 0.295 e. The molecule has 32 heavy (non-hydrogen) atoms. The summed E-state index contributed by atoms with van der Waals surface area (Å²) in [7, 11) is 1.75. The van der Waals surface area contributed by atoms with E-state index in [4.69, 9.17) is 0 Å². The van der Waals surface area contributed by atoms with Crippen LogP contribution < -0.4 is 16.4 Å². The number of para-hydroxylation sites is 1. The summed E-state index contributed by atoms with van der Waals surface area (Å²) in [6.07, 6.45) is 0. The lowest BCUT2D eigenvalue weighted by molar-refractivity contribution is -0.123. The first-order valence-corrected chi connectivity index (χ1v) is 10.9. The molecule has 0 saturated heterocycles. The summed E-state index contributed by atoms with van der Waals surface area (Å²) < 4.78 is 4.33. The van der Waals surface area contributed by atoms with Gasteiger partial charge in [0.15, 0.2) is 0 Å². The first kappa shape index (κ1) is 21.5. The fourth-order valence-electron chi connectivity index (χ4n) is 3.44. The molecule has 0 saturated carbocycles. The van der Waals surface area contributed by atoms with Crippen molar-refractivity contribution in [3.05, 3.63) is 86.4 Å². The lowest BCUT2D eigenvalue weighted by Gasteiger charge is -2.25. The van der Waals surface area contributed by atoms with Crippen LogP contribution >= 0.6 is 11.3 Å². The van der Waals surface area contributed by atoms with Crippen LogP contribution in [0.4, 0.5) is 5.69 Å². The molecule has 9 heteroatoms. The Labute approximate surface area is 188 Å². The van der Waals surface area contributed by atoms with Crippen molar-refractivity contribution in [3.63, 3.8) is 0 Å². The average Bonchev–Trinajstić information content (AvgIpc) is 3.38. The largest absolute Gasteiger partial charge is 0.318 e. The molecule has 3 aromatic heterocycles. The molecule has 1 aromatic carbocycles. The van der Waals surface area contributed by atoms with Crippen molar-refractivity contribution in [1.82, 2.24) is 19.1 Å². The Morgan fingerprint density at radius 1 is 1.03 bits per heavy atom. The molecule has 0 aliphatic heterocycles. The maximum absolute atomic E-state index is 13.3. The minimum Gasteiger partial charge on any atom is -0.318 e. The van der Waals surface area contributed by atoms with E-state index in [9.17, 15) is 14.4 Å². The van der Waals surface area contributed by atoms with Gasteiger partial charge in [0.05, 0.1) is 16.3 Å². The number of carbonyl (C=O) groups is 1. The molecule has 1 amide bonds. The summed E-state index contributed by atoms with van der Waals surface area (Å²) >= 11 is 1.49. The number of benzene rings is 1. The Morgan fingerprint density at radius 2 is 1.75 bits per heavy atom. The second kappa shape index (κ2) is 8.08. The maximum atomic E-state index is 13.3. The van der Waals surface area contributed by atoms with E-state index in [1.807, 2.05) is 47.8 Å². The summed E-state index contributed by atoms with van der Waals surface area (Å²) in [6.45, 7) is 4.96. The summed E-state index contributed by atoms with van der Waals surface area (Å²) in [5.74, 6) is -0.513. The molecule has 8 nitrogen and oxygen atoms in total. The van der Waals surface area contributed by atoms with Gasteiger partial charge in [-0.25, -0.2) is 9.36 Å². The van der Waals surface area contributed by atoms with Crippen LogP contribution in [0.25, 0.3) is 16.3 Å². The average molecular weight is 450 g/mol. The number of nitrogens with zero attached hydrogens (tertiary/aromatic N) is 4. The van der Waals surface area contributed by atoms with E-state index in [2.05, 4.69) is 10.4 Å². The van der Waals surface area contributed by atoms with Crippen molar-refractivity contribution in [2.24, 2.45) is 7.05 Å². The van der Waals surface area contributed by atoms with Crippen LogP contribution in [0.2, 0.25) is 0 Å². The fourth-order valence-corrected chi connectivity index (χ4v) is 4.13. The van der Waals surface area contributed by atoms with Crippen LogP contribution in [-0.4, -0.2) is 25.1 Å². The van der Waals surface area contributed by atoms with Gasteiger partial charge in [-0.1, -0.05) is 24.3 Å². The lowest BCUT2D eigenvalue weighted by atomic mass is 10.0. The molecule has 0 radical (unpaired) electrons. The third-order valence-corrected chi connectivity index (χ3v) is 6.34. The Balaban J connectivity index is 1.72. The Morgan fingerprint density at radius 3 is 2.41 bits per heavy atom. The van der Waals surface area contributed by atoms with E-state index in [0.29, 0.717) is 17.1 Å². The highest BCUT2D eigenvalue weighted by molar-refractivity contribution is 7.13. The Hall–Kier alpha value is -3.72. The lowest BCUT2D eigenvalue weighted by Crippen LogP contribution is -2.47. The number of anilines is 1. The number of hydrogen-bond donors (Lipinski definition) is 1. The van der Waals surface area contributed by atoms with Gasteiger partial charge in [-0.05, 0) is 50.4 Å². The monoisotopic (exact) mass is 449 g/mol. The minimum absolute atomic E-state index is 0.164. The van der Waals surface area contributed by atoms with Crippen LogP contribution in [0.3, 0.4) is 0 Å². The summed E-state index contributed by atoms with van der Waals surface area (Å²) in [6, 6.07) is 16.0. The first-order chi connectivity index (χ1) is 15.2. The highest BCUT2D eigenvalue weighted by Crippen LogP contribution is 2.23. The molecule has 4 rings (SSSR count). The number of nitrogens with one attached hydrogen (secondary N) is 1.